The maximum Gasteiger partial charge on any atom is 0.0916 e. The predicted octanol–water partition coefficient (Wildman–Crippen LogP) is 9.48. The fraction of sp³-hybridized carbons (Fsp3) is 0.825. The molecule has 0 amide bonds. The van der Waals surface area contributed by atoms with E-state index in [0.29, 0.717) is 45.2 Å². The average molecular weight is 731 g/mol. The van der Waals surface area contributed by atoms with Crippen molar-refractivity contribution in [3.63, 3.8) is 0 Å². The van der Waals surface area contributed by atoms with Crippen LogP contribution in [-0.4, -0.2) is 47.7 Å². The lowest BCUT2D eigenvalue weighted by Crippen LogP contribution is -2.74. The number of halogens is 1. The second kappa shape index (κ2) is 12.3. The van der Waals surface area contributed by atoms with Crippen LogP contribution in [0.2, 0.25) is 0 Å². The Hall–Kier alpha value is -0.600. The number of allylic oxidation sites excluding steroid dienone is 3. The van der Waals surface area contributed by atoms with Crippen molar-refractivity contribution in [3.05, 3.63) is 34.5 Å². The normalized spacial score (nSPS) is 46.1. The van der Waals surface area contributed by atoms with Gasteiger partial charge in [0.25, 0.3) is 0 Å². The first-order valence-electron chi connectivity index (χ1n) is 18.6. The molecule has 2 bridgehead atoms. The molecule has 2 heterocycles. The molecule has 5 aliphatic carbocycles. The molecule has 0 aromatic heterocycles. The van der Waals surface area contributed by atoms with E-state index < -0.39 is 0 Å². The Balaban J connectivity index is 0.000000499. The van der Waals surface area contributed by atoms with Crippen LogP contribution in [0.4, 0.5) is 0 Å². The Kier molecular flexibility index (Phi) is 9.45. The number of rotatable bonds is 8. The molecule has 1 spiro atoms. The predicted molar refractivity (Wildman–Crippen MR) is 203 cm³/mol. The first-order chi connectivity index (χ1) is 22.0. The summed E-state index contributed by atoms with van der Waals surface area (Å²) in [6.45, 7) is 28.5. The third-order valence-electron chi connectivity index (χ3n) is 15.5. The first kappa shape index (κ1) is 36.2. The highest BCUT2D eigenvalue weighted by Crippen LogP contribution is 2.84. The molecule has 3 N–H and O–H groups in total. The van der Waals surface area contributed by atoms with E-state index in [1.54, 1.807) is 11.8 Å². The van der Waals surface area contributed by atoms with Gasteiger partial charge in [-0.1, -0.05) is 78.3 Å². The van der Waals surface area contributed by atoms with Crippen LogP contribution in [0.15, 0.2) is 39.6 Å². The maximum absolute atomic E-state index is 6.81. The summed E-state index contributed by atoms with van der Waals surface area (Å²) in [5.41, 5.74) is 14.0. The minimum Gasteiger partial charge on any atom is -0.376 e. The van der Waals surface area contributed by atoms with E-state index in [9.17, 15) is 0 Å². The van der Waals surface area contributed by atoms with Gasteiger partial charge in [-0.3, -0.25) is 5.43 Å². The van der Waals surface area contributed by atoms with Gasteiger partial charge in [-0.25, -0.2) is 0 Å². The van der Waals surface area contributed by atoms with Crippen molar-refractivity contribution in [2.45, 2.75) is 130 Å². The zero-order valence-corrected chi connectivity index (χ0v) is 33.5. The molecule has 5 nitrogen and oxygen atoms in total. The summed E-state index contributed by atoms with van der Waals surface area (Å²) in [6, 6.07) is 0. The van der Waals surface area contributed by atoms with E-state index in [-0.39, 0.29) is 27.9 Å². The van der Waals surface area contributed by atoms with E-state index in [2.05, 4.69) is 119 Å². The van der Waals surface area contributed by atoms with Crippen LogP contribution in [0, 0.1) is 57.2 Å². The fourth-order valence-corrected chi connectivity index (χ4v) is 14.2. The summed E-state index contributed by atoms with van der Waals surface area (Å²) in [7, 11) is 0. The Morgan fingerprint density at radius 1 is 1.26 bits per heavy atom. The van der Waals surface area contributed by atoms with Crippen molar-refractivity contribution in [1.29, 1.82) is 0 Å². The van der Waals surface area contributed by atoms with Gasteiger partial charge >= 0.3 is 0 Å². The zero-order chi connectivity index (χ0) is 34.4. The number of thioether (sulfide) groups is 1. The molecule has 5 fully saturated rings. The van der Waals surface area contributed by atoms with Gasteiger partial charge < -0.3 is 15.2 Å². The van der Waals surface area contributed by atoms with Crippen LogP contribution >= 0.6 is 27.7 Å². The number of nitrogens with zero attached hydrogens (tertiary/aromatic N) is 1. The highest BCUT2D eigenvalue weighted by Gasteiger charge is 2.77. The van der Waals surface area contributed by atoms with Crippen LogP contribution in [0.5, 0.6) is 0 Å². The molecule has 3 saturated carbocycles. The van der Waals surface area contributed by atoms with E-state index in [0.717, 1.165) is 30.1 Å². The van der Waals surface area contributed by atoms with Gasteiger partial charge in [0, 0.05) is 28.3 Å². The summed E-state index contributed by atoms with van der Waals surface area (Å²) in [6.07, 6.45) is 15.9. The molecule has 2 aliphatic heterocycles. The molecule has 0 aromatic carbocycles. The topological polar surface area (TPSA) is 68.9 Å². The Labute approximate surface area is 299 Å². The Morgan fingerprint density at radius 2 is 1.98 bits per heavy atom. The van der Waals surface area contributed by atoms with Crippen molar-refractivity contribution in [1.82, 2.24) is 5.43 Å². The molecule has 2 saturated heterocycles. The number of hydrogen-bond acceptors (Lipinski definition) is 6. The van der Waals surface area contributed by atoms with E-state index in [1.165, 1.54) is 38.5 Å². The fourth-order valence-electron chi connectivity index (χ4n) is 11.9. The molecule has 12 atom stereocenters. The van der Waals surface area contributed by atoms with Gasteiger partial charge in [0.1, 0.15) is 0 Å². The van der Waals surface area contributed by atoms with Crippen LogP contribution in [0.25, 0.3) is 0 Å². The number of ether oxygens (including phenoxy) is 2. The summed E-state index contributed by atoms with van der Waals surface area (Å²) in [5.74, 6) is 5.19. The van der Waals surface area contributed by atoms with Gasteiger partial charge in [-0.15, -0.1) is 11.8 Å². The number of fused-ring (bicyclic) bond motifs is 2. The summed E-state index contributed by atoms with van der Waals surface area (Å²) >= 11 is 5.26. The van der Waals surface area contributed by atoms with Crippen LogP contribution in [0.1, 0.15) is 108 Å². The van der Waals surface area contributed by atoms with Crippen LogP contribution in [-0.2, 0) is 9.47 Å². The zero-order valence-electron chi connectivity index (χ0n) is 31.0. The molecule has 0 aromatic rings. The van der Waals surface area contributed by atoms with Crippen molar-refractivity contribution >= 4 is 33.9 Å². The van der Waals surface area contributed by atoms with Crippen molar-refractivity contribution in [2.75, 3.05) is 19.0 Å². The summed E-state index contributed by atoms with van der Waals surface area (Å²) in [4.78, 5) is 0. The molecule has 7 heteroatoms. The van der Waals surface area contributed by atoms with Crippen molar-refractivity contribution in [2.24, 2.45) is 68.0 Å². The monoisotopic (exact) mass is 729 g/mol. The quantitative estimate of drug-likeness (QED) is 0.113. The minimum absolute atomic E-state index is 0.0403. The minimum atomic E-state index is -0.301. The lowest BCUT2D eigenvalue weighted by atomic mass is 9.25. The third kappa shape index (κ3) is 5.03. The molecule has 6 unspecified atom stereocenters. The number of hydrogen-bond donors (Lipinski definition) is 2. The molecular formula is C40H64BrN3O2S. The number of nitrogens with one attached hydrogen (secondary N) is 1. The van der Waals surface area contributed by atoms with E-state index >= 15 is 0 Å². The standard InChI is InChI=1S/C36H57NO2S.C4H7BrN2/c1-21(2)23(5)34-15-14-32(8)26-10-11-28-31(7)19-38-24(6)36(28,40-18-29(31)39-20-33(9,37)22(3)4)27(26)12-13-35(32)17-25(16-34)30(34)35;1-3-6-7-4(2)5/h12,17,21-24,26,28-30H,10-11,13-16,18-20,37H2,1-9H3;3,7H,2H2,1H3/b;6-3-/t23-,24?,26?,28?,29?,30-,31+,32?,33+,34+,35-,36?;/m1./s1. The molecule has 47 heavy (non-hydrogen) atoms. The van der Waals surface area contributed by atoms with E-state index in [1.807, 2.05) is 12.5 Å². The lowest BCUT2D eigenvalue weighted by Gasteiger charge is -2.79. The SMILES string of the molecule is C=C(Br)N/N=C\C.CC(C)[C@@H](C)[C@]12CCC3(C)C4CCC5C6(SCC(OC[C@](C)(N)C(C)C)[C@@]5(C)COC6C)C4=CC[C@]34C=C(C1)[C@H]24. The van der Waals surface area contributed by atoms with Gasteiger partial charge in [0.2, 0.25) is 0 Å². The molecule has 7 aliphatic rings. The van der Waals surface area contributed by atoms with Crippen LogP contribution in [0.3, 0.4) is 0 Å². The number of nitrogens with two attached hydrogens (primary N) is 1. The lowest BCUT2D eigenvalue weighted by molar-refractivity contribution is -0.212. The smallest absolute Gasteiger partial charge is 0.0916 e. The Morgan fingerprint density at radius 3 is 2.57 bits per heavy atom. The first-order valence-corrected chi connectivity index (χ1v) is 20.4. The highest BCUT2D eigenvalue weighted by molar-refractivity contribution is 9.11. The largest absolute Gasteiger partial charge is 0.376 e. The second-order valence-corrected chi connectivity index (χ2v) is 20.3. The second-order valence-electron chi connectivity index (χ2n) is 18.0. The maximum atomic E-state index is 6.81. The van der Waals surface area contributed by atoms with Gasteiger partial charge in [0.15, 0.2) is 0 Å². The summed E-state index contributed by atoms with van der Waals surface area (Å²) < 4.78 is 14.4. The van der Waals surface area contributed by atoms with Crippen molar-refractivity contribution in [3.8, 4) is 0 Å². The molecule has 264 valence electrons. The summed E-state index contributed by atoms with van der Waals surface area (Å²) in [5, 5.41) is 3.65. The third-order valence-corrected chi connectivity index (χ3v) is 17.5. The molecule has 0 radical (unpaired) electrons. The average Bonchev–Trinajstić information content (AvgIpc) is 2.99. The Bertz CT molecular complexity index is 1340. The van der Waals surface area contributed by atoms with Gasteiger partial charge in [0.05, 0.1) is 34.8 Å². The van der Waals surface area contributed by atoms with E-state index in [4.69, 9.17) is 15.2 Å². The molecule has 7 rings (SSSR count). The van der Waals surface area contributed by atoms with Gasteiger partial charge in [-0.05, 0) is 122 Å². The van der Waals surface area contributed by atoms with Crippen LogP contribution < -0.4 is 11.2 Å². The van der Waals surface area contributed by atoms with Gasteiger partial charge in [-0.2, -0.15) is 5.10 Å². The highest BCUT2D eigenvalue weighted by atomic mass is 79.9. The van der Waals surface area contributed by atoms with Crippen molar-refractivity contribution < 1.29 is 9.47 Å². The molecular weight excluding hydrogens is 666 g/mol. The number of hydrazone groups is 1.